The minimum Gasteiger partial charge on any atom is -0.444 e. The second kappa shape index (κ2) is 9.21. The molecule has 32 heavy (non-hydrogen) atoms. The topological polar surface area (TPSA) is 93.1 Å². The van der Waals surface area contributed by atoms with Gasteiger partial charge in [0.15, 0.2) is 0 Å². The molecule has 174 valence electrons. The van der Waals surface area contributed by atoms with Gasteiger partial charge in [0.05, 0.1) is 29.7 Å². The summed E-state index contributed by atoms with van der Waals surface area (Å²) in [6.07, 6.45) is -0.110. The van der Waals surface area contributed by atoms with Crippen molar-refractivity contribution in [1.82, 2.24) is 4.90 Å². The van der Waals surface area contributed by atoms with E-state index in [1.165, 1.54) is 17.0 Å². The second-order valence-corrected chi connectivity index (χ2v) is 11.0. The molecule has 1 N–H and O–H groups in total. The number of hydrogen-bond donors (Lipinski definition) is 1. The van der Waals surface area contributed by atoms with Crippen molar-refractivity contribution < 1.29 is 27.2 Å². The molecule has 1 unspecified atom stereocenters. The number of nitrogens with zero attached hydrogens (tertiary/aromatic N) is 1. The third-order valence-electron chi connectivity index (χ3n) is 5.25. The van der Waals surface area contributed by atoms with Crippen molar-refractivity contribution >= 4 is 16.2 Å². The largest absolute Gasteiger partial charge is 0.444 e. The zero-order valence-corrected chi connectivity index (χ0v) is 19.8. The molecule has 1 fully saturated rings. The van der Waals surface area contributed by atoms with Crippen LogP contribution in [0.1, 0.15) is 38.3 Å². The van der Waals surface area contributed by atoms with Gasteiger partial charge in [-0.1, -0.05) is 48.0 Å². The predicted octanol–water partition coefficient (Wildman–Crippen LogP) is 3.68. The van der Waals surface area contributed by atoms with Crippen LogP contribution in [0.4, 0.5) is 4.79 Å². The first-order valence-corrected chi connectivity index (χ1v) is 12.0. The van der Waals surface area contributed by atoms with E-state index >= 15 is 0 Å². The van der Waals surface area contributed by atoms with Crippen LogP contribution in [0.15, 0.2) is 59.5 Å². The first-order chi connectivity index (χ1) is 14.9. The van der Waals surface area contributed by atoms with Gasteiger partial charge in [-0.15, -0.1) is 0 Å². The highest BCUT2D eigenvalue weighted by molar-refractivity contribution is 7.86. The summed E-state index contributed by atoms with van der Waals surface area (Å²) in [7, 11) is -4.01. The number of aryl methyl sites for hydroxylation is 1. The first kappa shape index (κ1) is 24.2. The van der Waals surface area contributed by atoms with Gasteiger partial charge in [-0.25, -0.2) is 4.79 Å². The molecule has 0 radical (unpaired) electrons. The highest BCUT2D eigenvalue weighted by Gasteiger charge is 2.46. The van der Waals surface area contributed by atoms with E-state index in [-0.39, 0.29) is 24.5 Å². The molecule has 1 heterocycles. The Hall–Kier alpha value is -2.42. The van der Waals surface area contributed by atoms with Crippen molar-refractivity contribution in [2.24, 2.45) is 0 Å². The number of benzene rings is 2. The number of likely N-dealkylation sites (tertiary alicyclic amines) is 1. The van der Waals surface area contributed by atoms with Crippen LogP contribution in [0.5, 0.6) is 0 Å². The molecule has 1 saturated heterocycles. The highest BCUT2D eigenvalue weighted by Crippen LogP contribution is 2.32. The molecule has 1 aliphatic rings. The van der Waals surface area contributed by atoms with Crippen LogP contribution in [0.2, 0.25) is 0 Å². The van der Waals surface area contributed by atoms with E-state index in [1.54, 1.807) is 32.9 Å². The van der Waals surface area contributed by atoms with E-state index in [2.05, 4.69) is 0 Å². The molecule has 0 aliphatic carbocycles. The Morgan fingerprint density at radius 2 is 1.75 bits per heavy atom. The highest BCUT2D eigenvalue weighted by atomic mass is 32.2. The molecule has 0 saturated carbocycles. The summed E-state index contributed by atoms with van der Waals surface area (Å²) < 4.78 is 36.1. The van der Waals surface area contributed by atoms with Crippen LogP contribution < -0.4 is 0 Å². The number of aliphatic hydroxyl groups is 1. The summed E-state index contributed by atoms with van der Waals surface area (Å²) in [5.74, 6) is 0. The molecule has 2 atom stereocenters. The van der Waals surface area contributed by atoms with E-state index in [0.29, 0.717) is 6.42 Å². The minimum absolute atomic E-state index is 0.0232. The van der Waals surface area contributed by atoms with Gasteiger partial charge >= 0.3 is 6.09 Å². The fraction of sp³-hybridized carbons (Fsp3) is 0.458. The number of carbonyl (C=O) groups excluding carboxylic acids is 1. The van der Waals surface area contributed by atoms with E-state index in [1.807, 2.05) is 37.3 Å². The second-order valence-electron chi connectivity index (χ2n) is 9.40. The van der Waals surface area contributed by atoms with Crippen LogP contribution in [-0.4, -0.2) is 54.9 Å². The maximum absolute atomic E-state index is 12.8. The summed E-state index contributed by atoms with van der Waals surface area (Å²) in [5, 5.41) is 11.3. The zero-order chi connectivity index (χ0) is 23.6. The van der Waals surface area contributed by atoms with Crippen LogP contribution in [0, 0.1) is 6.92 Å². The molecule has 0 aromatic heterocycles. The van der Waals surface area contributed by atoms with Crippen molar-refractivity contribution in [2.45, 2.75) is 62.7 Å². The van der Waals surface area contributed by atoms with Crippen molar-refractivity contribution in [1.29, 1.82) is 0 Å². The number of rotatable bonds is 6. The van der Waals surface area contributed by atoms with Gasteiger partial charge < -0.3 is 9.84 Å². The fourth-order valence-corrected chi connectivity index (χ4v) is 4.73. The lowest BCUT2D eigenvalue weighted by atomic mass is 9.92. The maximum Gasteiger partial charge on any atom is 0.410 e. The van der Waals surface area contributed by atoms with Crippen molar-refractivity contribution in [3.8, 4) is 0 Å². The average molecular weight is 462 g/mol. The Balaban J connectivity index is 1.78. The molecule has 8 heteroatoms. The SMILES string of the molecule is Cc1ccc(S(=O)(=O)OC[C@@H]2CC(O)(Cc3ccccc3)CN2C(=O)OC(C)(C)C)cc1. The third-order valence-corrected chi connectivity index (χ3v) is 6.55. The number of β-amino-alcohol motifs (C(OH)–C–C–N with tert-alkyl or cyclic N) is 1. The monoisotopic (exact) mass is 461 g/mol. The maximum atomic E-state index is 12.8. The van der Waals surface area contributed by atoms with Crippen molar-refractivity contribution in [3.05, 3.63) is 65.7 Å². The Labute approximate surface area is 190 Å². The van der Waals surface area contributed by atoms with E-state index < -0.39 is 33.5 Å². The molecule has 1 aliphatic heterocycles. The Morgan fingerprint density at radius 3 is 2.34 bits per heavy atom. The lowest BCUT2D eigenvalue weighted by Gasteiger charge is -2.28. The molecule has 2 aromatic carbocycles. The van der Waals surface area contributed by atoms with Gasteiger partial charge in [-0.3, -0.25) is 9.08 Å². The van der Waals surface area contributed by atoms with Gasteiger partial charge in [-0.2, -0.15) is 8.42 Å². The Kier molecular flexibility index (Phi) is 6.97. The van der Waals surface area contributed by atoms with Crippen LogP contribution >= 0.6 is 0 Å². The smallest absolute Gasteiger partial charge is 0.410 e. The quantitative estimate of drug-likeness (QED) is 0.660. The third kappa shape index (κ3) is 6.31. The van der Waals surface area contributed by atoms with Gasteiger partial charge in [-0.05, 0) is 45.4 Å². The van der Waals surface area contributed by atoms with Crippen molar-refractivity contribution in [2.75, 3.05) is 13.2 Å². The minimum atomic E-state index is -4.01. The first-order valence-electron chi connectivity index (χ1n) is 10.6. The average Bonchev–Trinajstić information content (AvgIpc) is 3.03. The molecule has 7 nitrogen and oxygen atoms in total. The van der Waals surface area contributed by atoms with Gasteiger partial charge in [0.2, 0.25) is 0 Å². The Morgan fingerprint density at radius 1 is 1.12 bits per heavy atom. The molecule has 0 spiro atoms. The van der Waals surface area contributed by atoms with Crippen LogP contribution in [-0.2, 0) is 25.5 Å². The molecule has 0 bridgehead atoms. The molecular weight excluding hydrogens is 430 g/mol. The summed E-state index contributed by atoms with van der Waals surface area (Å²) in [6, 6.07) is 15.2. The number of amides is 1. The number of hydrogen-bond acceptors (Lipinski definition) is 6. The van der Waals surface area contributed by atoms with Gasteiger partial charge in [0.1, 0.15) is 5.60 Å². The molecule has 3 rings (SSSR count). The summed E-state index contributed by atoms with van der Waals surface area (Å²) >= 11 is 0. The fourth-order valence-electron chi connectivity index (χ4n) is 3.79. The molecule has 2 aromatic rings. The Bertz CT molecular complexity index is 1030. The number of carbonyl (C=O) groups is 1. The van der Waals surface area contributed by atoms with Crippen molar-refractivity contribution in [3.63, 3.8) is 0 Å². The number of ether oxygens (including phenoxy) is 1. The van der Waals surface area contributed by atoms with Gasteiger partial charge in [0, 0.05) is 12.8 Å². The summed E-state index contributed by atoms with van der Waals surface area (Å²) in [4.78, 5) is 14.3. The lowest BCUT2D eigenvalue weighted by Crippen LogP contribution is -2.43. The lowest BCUT2D eigenvalue weighted by molar-refractivity contribution is 0.0105. The molecular formula is C24H31NO6S. The van der Waals surface area contributed by atoms with Crippen LogP contribution in [0.25, 0.3) is 0 Å². The van der Waals surface area contributed by atoms with E-state index in [9.17, 15) is 18.3 Å². The zero-order valence-electron chi connectivity index (χ0n) is 18.9. The normalized spacial score (nSPS) is 21.5. The standard InChI is InChI=1S/C24H31NO6S/c1-18-10-12-21(13-11-18)32(28,29)30-16-20-15-24(27,14-19-8-6-5-7-9-19)17-25(20)22(26)31-23(2,3)4/h5-13,20,27H,14-17H2,1-4H3/t20-,24?/m0/s1. The molecule has 1 amide bonds. The predicted molar refractivity (Wildman–Crippen MR) is 121 cm³/mol. The van der Waals surface area contributed by atoms with E-state index in [4.69, 9.17) is 8.92 Å². The van der Waals surface area contributed by atoms with Gasteiger partial charge in [0.25, 0.3) is 10.1 Å². The van der Waals surface area contributed by atoms with Crippen LogP contribution in [0.3, 0.4) is 0 Å². The summed E-state index contributed by atoms with van der Waals surface area (Å²) in [6.45, 7) is 6.88. The van der Waals surface area contributed by atoms with E-state index in [0.717, 1.165) is 11.1 Å². The summed E-state index contributed by atoms with van der Waals surface area (Å²) in [5.41, 5.74) is -0.0916.